The van der Waals surface area contributed by atoms with Gasteiger partial charge in [0.05, 0.1) is 11.3 Å². The van der Waals surface area contributed by atoms with Gasteiger partial charge in [-0.2, -0.15) is 5.10 Å². The van der Waals surface area contributed by atoms with Crippen LogP contribution in [0.5, 0.6) is 11.5 Å². The highest BCUT2D eigenvalue weighted by molar-refractivity contribution is 5.94. The summed E-state index contributed by atoms with van der Waals surface area (Å²) in [5, 5.41) is 4.47. The zero-order valence-electron chi connectivity index (χ0n) is 17.0. The van der Waals surface area contributed by atoms with Gasteiger partial charge in [-0.1, -0.05) is 6.07 Å². The normalized spacial score (nSPS) is 25.1. The van der Waals surface area contributed by atoms with Crippen LogP contribution >= 0.6 is 0 Å². The number of benzene rings is 1. The number of likely N-dealkylation sites (tertiary alicyclic amines) is 1. The minimum Gasteiger partial charge on any atom is -0.486 e. The van der Waals surface area contributed by atoms with Crippen molar-refractivity contribution in [3.63, 3.8) is 0 Å². The lowest BCUT2D eigenvalue weighted by Crippen LogP contribution is -2.40. The number of carbonyl (C=O) groups is 2. The number of nitrogens with zero attached hydrogens (tertiary/aromatic N) is 3. The number of piperidine rings is 1. The molecule has 0 bridgehead atoms. The summed E-state index contributed by atoms with van der Waals surface area (Å²) in [5.74, 6) is 1.53. The first-order chi connectivity index (χ1) is 14.5. The molecule has 0 radical (unpaired) electrons. The van der Waals surface area contributed by atoms with Crippen molar-refractivity contribution < 1.29 is 19.1 Å². The van der Waals surface area contributed by atoms with Gasteiger partial charge < -0.3 is 20.1 Å². The van der Waals surface area contributed by atoms with Crippen LogP contribution in [-0.4, -0.2) is 52.8 Å². The lowest BCUT2D eigenvalue weighted by atomic mass is 9.92. The molecule has 3 aliphatic rings. The molecule has 2 aromatic rings. The molecule has 2 fully saturated rings. The summed E-state index contributed by atoms with van der Waals surface area (Å²) in [6.07, 6.45) is 4.32. The van der Waals surface area contributed by atoms with Crippen LogP contribution in [0.4, 0.5) is 0 Å². The van der Waals surface area contributed by atoms with Crippen molar-refractivity contribution in [2.45, 2.75) is 31.1 Å². The number of aryl methyl sites for hydroxylation is 1. The number of hydrogen-bond acceptors (Lipinski definition) is 5. The third-order valence-electron chi connectivity index (χ3n) is 6.34. The molecule has 3 atom stereocenters. The number of ether oxygens (including phenoxy) is 2. The Labute approximate surface area is 174 Å². The summed E-state index contributed by atoms with van der Waals surface area (Å²) < 4.78 is 12.9. The molecule has 3 heterocycles. The minimum atomic E-state index is -0.470. The van der Waals surface area contributed by atoms with Crippen molar-refractivity contribution in [3.05, 3.63) is 41.2 Å². The lowest BCUT2D eigenvalue weighted by Gasteiger charge is -2.32. The average Bonchev–Trinajstić information content (AvgIpc) is 3.46. The number of hydrogen-bond donors (Lipinski definition) is 1. The number of amides is 2. The van der Waals surface area contributed by atoms with E-state index in [0.29, 0.717) is 31.0 Å². The first-order valence-corrected chi connectivity index (χ1v) is 10.5. The van der Waals surface area contributed by atoms with Crippen molar-refractivity contribution in [2.75, 3.05) is 26.3 Å². The topological polar surface area (TPSA) is 99.7 Å². The largest absolute Gasteiger partial charge is 0.486 e. The predicted molar refractivity (Wildman–Crippen MR) is 109 cm³/mol. The van der Waals surface area contributed by atoms with Crippen molar-refractivity contribution in [1.29, 1.82) is 0 Å². The van der Waals surface area contributed by atoms with Crippen LogP contribution in [-0.2, 0) is 11.8 Å². The van der Waals surface area contributed by atoms with Crippen LogP contribution in [0.3, 0.4) is 0 Å². The molecule has 2 N–H and O–H groups in total. The van der Waals surface area contributed by atoms with Gasteiger partial charge in [-0.15, -0.1) is 0 Å². The van der Waals surface area contributed by atoms with Crippen molar-refractivity contribution in [3.8, 4) is 11.5 Å². The maximum Gasteiger partial charge on any atom is 0.252 e. The Balaban J connectivity index is 1.28. The molecule has 1 saturated carbocycles. The number of aromatic nitrogens is 2. The summed E-state index contributed by atoms with van der Waals surface area (Å²) in [7, 11) is 1.78. The Hall–Kier alpha value is -3.03. The fraction of sp³-hybridized carbons (Fsp3) is 0.500. The molecule has 1 aliphatic carbocycles. The van der Waals surface area contributed by atoms with Gasteiger partial charge in [-0.25, -0.2) is 0 Å². The van der Waals surface area contributed by atoms with Crippen LogP contribution in [0, 0.1) is 5.92 Å². The lowest BCUT2D eigenvalue weighted by molar-refractivity contribution is -0.133. The SMILES string of the molecule is Cn1cc(C(N)=O)c([C@@H]2CCCN(C(=O)[C@@H]3C[C@@H]3c3ccc4c(c3)OCCO4)C2)n1. The fourth-order valence-electron chi connectivity index (χ4n) is 4.76. The van der Waals surface area contributed by atoms with Gasteiger partial charge in [-0.3, -0.25) is 14.3 Å². The summed E-state index contributed by atoms with van der Waals surface area (Å²) in [5.41, 5.74) is 7.82. The molecule has 2 amide bonds. The molecule has 1 saturated heterocycles. The summed E-state index contributed by atoms with van der Waals surface area (Å²) in [6, 6.07) is 5.99. The van der Waals surface area contributed by atoms with Crippen molar-refractivity contribution >= 4 is 11.8 Å². The van der Waals surface area contributed by atoms with E-state index in [1.54, 1.807) is 17.9 Å². The first-order valence-electron chi connectivity index (χ1n) is 10.5. The molecule has 158 valence electrons. The highest BCUT2D eigenvalue weighted by atomic mass is 16.6. The molecule has 30 heavy (non-hydrogen) atoms. The number of fused-ring (bicyclic) bond motifs is 1. The van der Waals surface area contributed by atoms with Crippen LogP contribution in [0.2, 0.25) is 0 Å². The first kappa shape index (κ1) is 19.0. The summed E-state index contributed by atoms with van der Waals surface area (Å²) in [4.78, 5) is 26.9. The van der Waals surface area contributed by atoms with E-state index >= 15 is 0 Å². The zero-order chi connectivity index (χ0) is 20.8. The molecule has 5 rings (SSSR count). The molecule has 2 aliphatic heterocycles. The van der Waals surface area contributed by atoms with Gasteiger partial charge in [0.1, 0.15) is 13.2 Å². The third kappa shape index (κ3) is 3.40. The van der Waals surface area contributed by atoms with E-state index < -0.39 is 5.91 Å². The van der Waals surface area contributed by atoms with E-state index in [9.17, 15) is 9.59 Å². The van der Waals surface area contributed by atoms with E-state index in [0.717, 1.165) is 42.9 Å². The third-order valence-corrected chi connectivity index (χ3v) is 6.34. The molecule has 8 nitrogen and oxygen atoms in total. The average molecular weight is 410 g/mol. The molecule has 1 aromatic carbocycles. The quantitative estimate of drug-likeness (QED) is 0.829. The van der Waals surface area contributed by atoms with Crippen LogP contribution in [0.1, 0.15) is 52.7 Å². The maximum absolute atomic E-state index is 13.2. The second-order valence-corrected chi connectivity index (χ2v) is 8.44. The van der Waals surface area contributed by atoms with Gasteiger partial charge in [0.15, 0.2) is 11.5 Å². The molecule has 0 unspecified atom stereocenters. The Morgan fingerprint density at radius 2 is 2.00 bits per heavy atom. The number of carbonyl (C=O) groups excluding carboxylic acids is 2. The predicted octanol–water partition coefficient (Wildman–Crippen LogP) is 1.80. The van der Waals surface area contributed by atoms with Gasteiger partial charge in [0, 0.05) is 38.2 Å². The Kier molecular flexibility index (Phi) is 4.64. The summed E-state index contributed by atoms with van der Waals surface area (Å²) in [6.45, 7) is 2.46. The molecular formula is C22H26N4O4. The number of primary amides is 1. The summed E-state index contributed by atoms with van der Waals surface area (Å²) >= 11 is 0. The standard InChI is InChI=1S/C22H26N4O4/c1-25-12-17(21(23)27)20(24-25)14-3-2-6-26(11-14)22(28)16-10-15(16)13-4-5-18-19(9-13)30-8-7-29-18/h4-5,9,12,14-16H,2-3,6-8,10-11H2,1H3,(H2,23,27)/t14-,15-,16-/m1/s1. The second-order valence-electron chi connectivity index (χ2n) is 8.44. The van der Waals surface area contributed by atoms with Crippen molar-refractivity contribution in [1.82, 2.24) is 14.7 Å². The maximum atomic E-state index is 13.2. The van der Waals surface area contributed by atoms with Crippen LogP contribution in [0.15, 0.2) is 24.4 Å². The zero-order valence-corrected chi connectivity index (χ0v) is 17.0. The van der Waals surface area contributed by atoms with Gasteiger partial charge in [-0.05, 0) is 42.9 Å². The van der Waals surface area contributed by atoms with E-state index in [1.807, 2.05) is 23.1 Å². The number of rotatable bonds is 4. The highest BCUT2D eigenvalue weighted by Crippen LogP contribution is 2.50. The molecule has 1 aromatic heterocycles. The van der Waals surface area contributed by atoms with Gasteiger partial charge in [0.2, 0.25) is 5.91 Å². The van der Waals surface area contributed by atoms with E-state index in [1.165, 1.54) is 0 Å². The Morgan fingerprint density at radius 3 is 2.80 bits per heavy atom. The number of nitrogens with two attached hydrogens (primary N) is 1. The van der Waals surface area contributed by atoms with Crippen LogP contribution < -0.4 is 15.2 Å². The fourth-order valence-corrected chi connectivity index (χ4v) is 4.76. The van der Waals surface area contributed by atoms with Crippen LogP contribution in [0.25, 0.3) is 0 Å². The molecule has 8 heteroatoms. The molecule has 0 spiro atoms. The van der Waals surface area contributed by atoms with E-state index in [2.05, 4.69) is 5.10 Å². The minimum absolute atomic E-state index is 0.00523. The Morgan fingerprint density at radius 1 is 1.20 bits per heavy atom. The van der Waals surface area contributed by atoms with E-state index in [4.69, 9.17) is 15.2 Å². The highest BCUT2D eigenvalue weighted by Gasteiger charge is 2.47. The molecular weight excluding hydrogens is 384 g/mol. The van der Waals surface area contributed by atoms with E-state index in [-0.39, 0.29) is 23.7 Å². The van der Waals surface area contributed by atoms with Gasteiger partial charge in [0.25, 0.3) is 5.91 Å². The second kappa shape index (κ2) is 7.34. The smallest absolute Gasteiger partial charge is 0.252 e. The Bertz CT molecular complexity index is 1000. The van der Waals surface area contributed by atoms with Crippen molar-refractivity contribution in [2.24, 2.45) is 18.7 Å². The monoisotopic (exact) mass is 410 g/mol. The van der Waals surface area contributed by atoms with Gasteiger partial charge >= 0.3 is 0 Å².